The van der Waals surface area contributed by atoms with Gasteiger partial charge in [0.05, 0.1) is 0 Å². The van der Waals surface area contributed by atoms with Gasteiger partial charge in [0.15, 0.2) is 0 Å². The third-order valence-corrected chi connectivity index (χ3v) is 5.50. The Bertz CT molecular complexity index is 431. The van der Waals surface area contributed by atoms with Crippen LogP contribution < -0.4 is 5.73 Å². The first-order chi connectivity index (χ1) is 9.24. The predicted molar refractivity (Wildman–Crippen MR) is 81.3 cm³/mol. The van der Waals surface area contributed by atoms with Gasteiger partial charge in [0, 0.05) is 5.02 Å². The fourth-order valence-electron chi connectivity index (χ4n) is 4.35. The standard InChI is InChI=1S/C17H24ClN/c18-17-3-1-2-12(10-17)6-14(11-19)9-16-8-13-4-5-15(16)7-13/h1-3,10,13-16H,4-9,11,19H2. The van der Waals surface area contributed by atoms with E-state index in [1.807, 2.05) is 12.1 Å². The maximum absolute atomic E-state index is 6.06. The molecule has 104 valence electrons. The van der Waals surface area contributed by atoms with Crippen LogP contribution >= 0.6 is 11.6 Å². The molecule has 0 spiro atoms. The van der Waals surface area contributed by atoms with Gasteiger partial charge in [0.1, 0.15) is 0 Å². The largest absolute Gasteiger partial charge is 0.330 e. The van der Waals surface area contributed by atoms with Gasteiger partial charge in [0.2, 0.25) is 0 Å². The minimum atomic E-state index is 0.628. The zero-order valence-corrected chi connectivity index (χ0v) is 12.3. The Morgan fingerprint density at radius 1 is 1.26 bits per heavy atom. The van der Waals surface area contributed by atoms with Crippen LogP contribution in [0, 0.1) is 23.7 Å². The maximum Gasteiger partial charge on any atom is 0.0408 e. The van der Waals surface area contributed by atoms with Crippen LogP contribution in [0.3, 0.4) is 0 Å². The average Bonchev–Trinajstić information content (AvgIpc) is 3.00. The lowest BCUT2D eigenvalue weighted by molar-refractivity contribution is 0.268. The van der Waals surface area contributed by atoms with Crippen LogP contribution in [0.2, 0.25) is 5.02 Å². The molecule has 2 heteroatoms. The van der Waals surface area contributed by atoms with E-state index in [0.717, 1.165) is 35.7 Å². The molecule has 4 unspecified atom stereocenters. The number of halogens is 1. The van der Waals surface area contributed by atoms with Crippen LogP contribution in [0.5, 0.6) is 0 Å². The summed E-state index contributed by atoms with van der Waals surface area (Å²) in [6.45, 7) is 0.806. The van der Waals surface area contributed by atoms with Crippen molar-refractivity contribution >= 4 is 11.6 Å². The maximum atomic E-state index is 6.06. The zero-order chi connectivity index (χ0) is 13.2. The van der Waals surface area contributed by atoms with Crippen LogP contribution in [0.4, 0.5) is 0 Å². The molecule has 0 heterocycles. The van der Waals surface area contributed by atoms with E-state index >= 15 is 0 Å². The molecule has 1 aromatic carbocycles. The van der Waals surface area contributed by atoms with Gasteiger partial charge in [-0.05, 0) is 80.0 Å². The molecule has 2 bridgehead atoms. The van der Waals surface area contributed by atoms with Gasteiger partial charge < -0.3 is 5.73 Å². The Labute approximate surface area is 121 Å². The summed E-state index contributed by atoms with van der Waals surface area (Å²) in [6.07, 6.45) is 8.34. The second kappa shape index (κ2) is 5.85. The molecular formula is C17H24ClN. The molecule has 1 aromatic rings. The highest BCUT2D eigenvalue weighted by Crippen LogP contribution is 2.50. The molecule has 0 saturated heterocycles. The number of rotatable bonds is 5. The van der Waals surface area contributed by atoms with Gasteiger partial charge in [-0.2, -0.15) is 0 Å². The van der Waals surface area contributed by atoms with E-state index in [4.69, 9.17) is 17.3 Å². The highest BCUT2D eigenvalue weighted by atomic mass is 35.5. The summed E-state index contributed by atoms with van der Waals surface area (Å²) >= 11 is 6.06. The molecular weight excluding hydrogens is 254 g/mol. The monoisotopic (exact) mass is 277 g/mol. The third kappa shape index (κ3) is 3.14. The van der Waals surface area contributed by atoms with Crippen molar-refractivity contribution in [1.29, 1.82) is 0 Å². The molecule has 0 aromatic heterocycles. The fraction of sp³-hybridized carbons (Fsp3) is 0.647. The summed E-state index contributed by atoms with van der Waals surface area (Å²) in [5, 5.41) is 0.841. The predicted octanol–water partition coefficient (Wildman–Crippen LogP) is 4.28. The van der Waals surface area contributed by atoms with Crippen molar-refractivity contribution in [1.82, 2.24) is 0 Å². The van der Waals surface area contributed by atoms with Crippen LogP contribution in [-0.2, 0) is 6.42 Å². The Balaban J connectivity index is 1.59. The van der Waals surface area contributed by atoms with Crippen LogP contribution in [0.25, 0.3) is 0 Å². The molecule has 2 fully saturated rings. The third-order valence-electron chi connectivity index (χ3n) is 5.27. The lowest BCUT2D eigenvalue weighted by Crippen LogP contribution is -2.23. The van der Waals surface area contributed by atoms with E-state index in [-0.39, 0.29) is 0 Å². The van der Waals surface area contributed by atoms with Crippen LogP contribution in [0.1, 0.15) is 37.7 Å². The van der Waals surface area contributed by atoms with E-state index in [9.17, 15) is 0 Å². The highest BCUT2D eigenvalue weighted by Gasteiger charge is 2.39. The van der Waals surface area contributed by atoms with Crippen LogP contribution in [-0.4, -0.2) is 6.54 Å². The van der Waals surface area contributed by atoms with E-state index in [1.54, 1.807) is 0 Å². The molecule has 0 amide bonds. The molecule has 2 aliphatic rings. The molecule has 19 heavy (non-hydrogen) atoms. The topological polar surface area (TPSA) is 26.0 Å². The lowest BCUT2D eigenvalue weighted by Gasteiger charge is -2.26. The van der Waals surface area contributed by atoms with Crippen molar-refractivity contribution in [2.24, 2.45) is 29.4 Å². The first kappa shape index (κ1) is 13.5. The Hall–Kier alpha value is -0.530. The summed E-state index contributed by atoms with van der Waals surface area (Å²) in [6, 6.07) is 8.25. The lowest BCUT2D eigenvalue weighted by atomic mass is 9.80. The van der Waals surface area contributed by atoms with Crippen molar-refractivity contribution in [3.8, 4) is 0 Å². The van der Waals surface area contributed by atoms with Gasteiger partial charge >= 0.3 is 0 Å². The Kier molecular flexibility index (Phi) is 4.14. The Morgan fingerprint density at radius 3 is 2.79 bits per heavy atom. The minimum Gasteiger partial charge on any atom is -0.330 e. The average molecular weight is 278 g/mol. The van der Waals surface area contributed by atoms with Gasteiger partial charge in [-0.1, -0.05) is 30.2 Å². The number of hydrogen-bond donors (Lipinski definition) is 1. The van der Waals surface area contributed by atoms with E-state index < -0.39 is 0 Å². The summed E-state index contributed by atoms with van der Waals surface area (Å²) in [5.41, 5.74) is 7.34. The zero-order valence-electron chi connectivity index (χ0n) is 11.5. The first-order valence-electron chi connectivity index (χ1n) is 7.69. The number of nitrogens with two attached hydrogens (primary N) is 1. The molecule has 3 rings (SSSR count). The minimum absolute atomic E-state index is 0.628. The SMILES string of the molecule is NCC(Cc1cccc(Cl)c1)CC1CC2CCC1C2. The first-order valence-corrected chi connectivity index (χ1v) is 8.07. The number of fused-ring (bicyclic) bond motifs is 2. The smallest absolute Gasteiger partial charge is 0.0408 e. The van der Waals surface area contributed by atoms with E-state index in [1.165, 1.54) is 37.7 Å². The molecule has 0 aliphatic heterocycles. The molecule has 4 atom stereocenters. The molecule has 0 radical (unpaired) electrons. The summed E-state index contributed by atoms with van der Waals surface area (Å²) in [7, 11) is 0. The molecule has 2 N–H and O–H groups in total. The van der Waals surface area contributed by atoms with Crippen molar-refractivity contribution in [2.75, 3.05) is 6.54 Å². The van der Waals surface area contributed by atoms with E-state index in [0.29, 0.717) is 5.92 Å². The van der Waals surface area contributed by atoms with Gasteiger partial charge in [-0.15, -0.1) is 0 Å². The Morgan fingerprint density at radius 2 is 2.16 bits per heavy atom. The van der Waals surface area contributed by atoms with Crippen molar-refractivity contribution in [3.63, 3.8) is 0 Å². The second-order valence-electron chi connectivity index (χ2n) is 6.61. The fourth-order valence-corrected chi connectivity index (χ4v) is 4.57. The van der Waals surface area contributed by atoms with Crippen LogP contribution in [0.15, 0.2) is 24.3 Å². The van der Waals surface area contributed by atoms with Gasteiger partial charge in [0.25, 0.3) is 0 Å². The normalized spacial score (nSPS) is 30.7. The number of hydrogen-bond acceptors (Lipinski definition) is 1. The second-order valence-corrected chi connectivity index (χ2v) is 7.04. The van der Waals surface area contributed by atoms with E-state index in [2.05, 4.69) is 12.1 Å². The van der Waals surface area contributed by atoms with Gasteiger partial charge in [-0.3, -0.25) is 0 Å². The number of benzene rings is 1. The molecule has 2 aliphatic carbocycles. The van der Waals surface area contributed by atoms with Gasteiger partial charge in [-0.25, -0.2) is 0 Å². The van der Waals surface area contributed by atoms with Crippen molar-refractivity contribution in [2.45, 2.75) is 38.5 Å². The summed E-state index contributed by atoms with van der Waals surface area (Å²) < 4.78 is 0. The quantitative estimate of drug-likeness (QED) is 0.854. The highest BCUT2D eigenvalue weighted by molar-refractivity contribution is 6.30. The molecule has 2 saturated carbocycles. The molecule has 1 nitrogen and oxygen atoms in total. The van der Waals surface area contributed by atoms with Crippen molar-refractivity contribution < 1.29 is 0 Å². The summed E-state index contributed by atoms with van der Waals surface area (Å²) in [5.74, 6) is 3.63. The summed E-state index contributed by atoms with van der Waals surface area (Å²) in [4.78, 5) is 0. The van der Waals surface area contributed by atoms with Crippen molar-refractivity contribution in [3.05, 3.63) is 34.9 Å².